The van der Waals surface area contributed by atoms with E-state index in [1.165, 1.54) is 0 Å². The molecule has 6 heteroatoms. The van der Waals surface area contributed by atoms with E-state index < -0.39 is 0 Å². The summed E-state index contributed by atoms with van der Waals surface area (Å²) in [7, 11) is 1.60. The predicted molar refractivity (Wildman–Crippen MR) is 96.0 cm³/mol. The molecule has 2 aromatic carbocycles. The average Bonchev–Trinajstić information content (AvgIpc) is 2.62. The number of nitrogens with zero attached hydrogens (tertiary/aromatic N) is 1. The number of hydrogen-bond acceptors (Lipinski definition) is 4. The number of carbonyl (C=O) groups is 1. The molecule has 3 aromatic rings. The lowest BCUT2D eigenvalue weighted by atomic mass is 10.0. The predicted octanol–water partition coefficient (Wildman–Crippen LogP) is 2.73. The maximum Gasteiger partial charge on any atom is 0.272 e. The van der Waals surface area contributed by atoms with Crippen LogP contribution in [0.5, 0.6) is 5.75 Å². The van der Waals surface area contributed by atoms with E-state index in [9.17, 15) is 9.59 Å². The second-order valence-electron chi connectivity index (χ2n) is 5.89. The van der Waals surface area contributed by atoms with E-state index in [0.29, 0.717) is 16.5 Å². The summed E-state index contributed by atoms with van der Waals surface area (Å²) >= 11 is 0. The Morgan fingerprint density at radius 1 is 1.20 bits per heavy atom. The Morgan fingerprint density at radius 3 is 2.64 bits per heavy atom. The molecule has 0 bridgehead atoms. The Labute approximate surface area is 144 Å². The van der Waals surface area contributed by atoms with E-state index in [4.69, 9.17) is 4.74 Å². The summed E-state index contributed by atoms with van der Waals surface area (Å²) in [6.45, 7) is 3.86. The maximum absolute atomic E-state index is 12.7. The van der Waals surface area contributed by atoms with Crippen LogP contribution in [0.2, 0.25) is 0 Å². The minimum atomic E-state index is -0.358. The van der Waals surface area contributed by atoms with Crippen molar-refractivity contribution in [2.24, 2.45) is 0 Å². The van der Waals surface area contributed by atoms with Crippen LogP contribution in [0.3, 0.4) is 0 Å². The van der Waals surface area contributed by atoms with Crippen molar-refractivity contribution in [2.45, 2.75) is 19.9 Å². The van der Waals surface area contributed by atoms with Gasteiger partial charge in [0, 0.05) is 10.9 Å². The van der Waals surface area contributed by atoms with Crippen LogP contribution < -0.4 is 15.6 Å². The molecule has 0 saturated carbocycles. The molecule has 1 aromatic heterocycles. The van der Waals surface area contributed by atoms with Gasteiger partial charge in [0.1, 0.15) is 5.75 Å². The third-order valence-electron chi connectivity index (χ3n) is 4.11. The van der Waals surface area contributed by atoms with Gasteiger partial charge in [0.15, 0.2) is 5.69 Å². The summed E-state index contributed by atoms with van der Waals surface area (Å²) in [6.07, 6.45) is 0. The van der Waals surface area contributed by atoms with Crippen LogP contribution in [0.1, 0.15) is 34.6 Å². The molecule has 6 nitrogen and oxygen atoms in total. The summed E-state index contributed by atoms with van der Waals surface area (Å²) in [6, 6.07) is 12.4. The number of methoxy groups -OCH3 is 1. The number of hydrogen-bond donors (Lipinski definition) is 2. The summed E-state index contributed by atoms with van der Waals surface area (Å²) in [5.74, 6) is 0.348. The minimum Gasteiger partial charge on any atom is -0.496 e. The molecule has 1 heterocycles. The van der Waals surface area contributed by atoms with E-state index in [2.05, 4.69) is 15.5 Å². The molecule has 1 atom stereocenters. The number of nitrogens with one attached hydrogen (secondary N) is 2. The first kappa shape index (κ1) is 16.7. The van der Waals surface area contributed by atoms with Gasteiger partial charge in [-0.15, -0.1) is 0 Å². The summed E-state index contributed by atoms with van der Waals surface area (Å²) in [5, 5.41) is 10.2. The van der Waals surface area contributed by atoms with Crippen LogP contribution in [-0.2, 0) is 0 Å². The molecule has 0 unspecified atom stereocenters. The van der Waals surface area contributed by atoms with E-state index in [1.807, 2.05) is 32.0 Å². The summed E-state index contributed by atoms with van der Waals surface area (Å²) < 4.78 is 5.38. The highest BCUT2D eigenvalue weighted by atomic mass is 16.5. The van der Waals surface area contributed by atoms with Crippen molar-refractivity contribution in [3.8, 4) is 5.75 Å². The molecule has 0 aliphatic rings. The van der Waals surface area contributed by atoms with Gasteiger partial charge in [-0.05, 0) is 26.0 Å². The van der Waals surface area contributed by atoms with Gasteiger partial charge in [-0.25, -0.2) is 5.10 Å². The van der Waals surface area contributed by atoms with Gasteiger partial charge in [0.2, 0.25) is 0 Å². The van der Waals surface area contributed by atoms with Gasteiger partial charge in [-0.3, -0.25) is 9.59 Å². The zero-order valence-electron chi connectivity index (χ0n) is 14.3. The Kier molecular flexibility index (Phi) is 4.52. The molecule has 0 radical (unpaired) electrons. The fourth-order valence-corrected chi connectivity index (χ4v) is 2.82. The quantitative estimate of drug-likeness (QED) is 0.767. The number of benzene rings is 2. The highest BCUT2D eigenvalue weighted by Gasteiger charge is 2.19. The third-order valence-corrected chi connectivity index (χ3v) is 4.11. The van der Waals surface area contributed by atoms with E-state index >= 15 is 0 Å². The summed E-state index contributed by atoms with van der Waals surface area (Å²) in [5.41, 5.74) is 1.82. The van der Waals surface area contributed by atoms with Crippen molar-refractivity contribution in [3.63, 3.8) is 0 Å². The molecule has 0 aliphatic carbocycles. The zero-order valence-corrected chi connectivity index (χ0v) is 14.3. The van der Waals surface area contributed by atoms with Crippen LogP contribution in [-0.4, -0.2) is 23.2 Å². The van der Waals surface area contributed by atoms with Crippen molar-refractivity contribution in [2.75, 3.05) is 7.11 Å². The molecule has 0 aliphatic heterocycles. The number of ether oxygens (including phenoxy) is 1. The molecular weight excluding hydrogens is 318 g/mol. The molecule has 2 N–H and O–H groups in total. The highest BCUT2D eigenvalue weighted by molar-refractivity contribution is 6.04. The van der Waals surface area contributed by atoms with Crippen molar-refractivity contribution < 1.29 is 9.53 Å². The molecular formula is C19H19N3O3. The Bertz CT molecular complexity index is 995. The largest absolute Gasteiger partial charge is 0.496 e. The Balaban J connectivity index is 1.94. The zero-order chi connectivity index (χ0) is 18.0. The minimum absolute atomic E-state index is 0.189. The molecule has 3 rings (SSSR count). The SMILES string of the molecule is COc1ccc(C)cc1[C@H](C)NC(=O)c1n[nH]c(=O)c2ccccc12. The fraction of sp³-hybridized carbons (Fsp3) is 0.211. The third kappa shape index (κ3) is 3.24. The summed E-state index contributed by atoms with van der Waals surface area (Å²) in [4.78, 5) is 24.6. The number of aromatic amines is 1. The first-order valence-electron chi connectivity index (χ1n) is 7.94. The lowest BCUT2D eigenvalue weighted by molar-refractivity contribution is 0.0935. The van der Waals surface area contributed by atoms with Crippen molar-refractivity contribution >= 4 is 16.7 Å². The van der Waals surface area contributed by atoms with Gasteiger partial charge < -0.3 is 10.1 Å². The number of fused-ring (bicyclic) bond motifs is 1. The van der Waals surface area contributed by atoms with Crippen LogP contribution in [0.15, 0.2) is 47.3 Å². The molecule has 128 valence electrons. The number of aryl methyl sites for hydroxylation is 1. The van der Waals surface area contributed by atoms with Crippen LogP contribution in [0.25, 0.3) is 10.8 Å². The molecule has 1 amide bonds. The molecule has 25 heavy (non-hydrogen) atoms. The molecule has 0 saturated heterocycles. The first-order chi connectivity index (χ1) is 12.0. The normalized spacial score (nSPS) is 12.0. The highest BCUT2D eigenvalue weighted by Crippen LogP contribution is 2.26. The van der Waals surface area contributed by atoms with Gasteiger partial charge in [0.25, 0.3) is 11.5 Å². The van der Waals surface area contributed by atoms with Crippen molar-refractivity contribution in [3.05, 3.63) is 69.6 Å². The van der Waals surface area contributed by atoms with E-state index in [1.54, 1.807) is 31.4 Å². The van der Waals surface area contributed by atoms with Crippen LogP contribution in [0, 0.1) is 6.92 Å². The van der Waals surface area contributed by atoms with Gasteiger partial charge in [-0.1, -0.05) is 35.9 Å². The Hall–Kier alpha value is -3.15. The lowest BCUT2D eigenvalue weighted by Gasteiger charge is -2.18. The van der Waals surface area contributed by atoms with E-state index in [0.717, 1.165) is 11.1 Å². The maximum atomic E-state index is 12.7. The average molecular weight is 337 g/mol. The monoisotopic (exact) mass is 337 g/mol. The second kappa shape index (κ2) is 6.76. The number of aromatic nitrogens is 2. The topological polar surface area (TPSA) is 84.1 Å². The standard InChI is InChI=1S/C19H19N3O3/c1-11-8-9-16(25-3)15(10-11)12(2)20-19(24)17-13-6-4-5-7-14(13)18(23)22-21-17/h4-10,12H,1-3H3,(H,20,24)(H,22,23)/t12-/m0/s1. The number of amides is 1. The van der Waals surface area contributed by atoms with Crippen LogP contribution in [0.4, 0.5) is 0 Å². The van der Waals surface area contributed by atoms with E-state index in [-0.39, 0.29) is 23.2 Å². The smallest absolute Gasteiger partial charge is 0.272 e. The van der Waals surface area contributed by atoms with Gasteiger partial charge in [0.05, 0.1) is 18.5 Å². The number of rotatable bonds is 4. The van der Waals surface area contributed by atoms with Gasteiger partial charge >= 0.3 is 0 Å². The molecule has 0 fully saturated rings. The fourth-order valence-electron chi connectivity index (χ4n) is 2.82. The van der Waals surface area contributed by atoms with Crippen molar-refractivity contribution in [1.82, 2.24) is 15.5 Å². The lowest BCUT2D eigenvalue weighted by Crippen LogP contribution is -2.29. The number of H-pyrrole nitrogens is 1. The molecule has 0 spiro atoms. The van der Waals surface area contributed by atoms with Crippen molar-refractivity contribution in [1.29, 1.82) is 0 Å². The number of carbonyl (C=O) groups excluding carboxylic acids is 1. The second-order valence-corrected chi connectivity index (χ2v) is 5.89. The Morgan fingerprint density at radius 2 is 1.92 bits per heavy atom. The first-order valence-corrected chi connectivity index (χ1v) is 7.94. The van der Waals surface area contributed by atoms with Gasteiger partial charge in [-0.2, -0.15) is 5.10 Å². The van der Waals surface area contributed by atoms with Crippen LogP contribution >= 0.6 is 0 Å².